The first-order chi connectivity index (χ1) is 5.84. The molecule has 0 spiro atoms. The van der Waals surface area contributed by atoms with Crippen molar-refractivity contribution in [2.24, 2.45) is 5.73 Å². The summed E-state index contributed by atoms with van der Waals surface area (Å²) in [6.45, 7) is 0.207. The van der Waals surface area contributed by atoms with Crippen LogP contribution in [0.5, 0.6) is 0 Å². The van der Waals surface area contributed by atoms with Gasteiger partial charge < -0.3 is 10.8 Å². The molecule has 0 bridgehead atoms. The number of aliphatic hydroxyl groups is 1. The Morgan fingerprint density at radius 2 is 2.08 bits per heavy atom. The second-order valence-electron chi connectivity index (χ2n) is 2.75. The van der Waals surface area contributed by atoms with Crippen LogP contribution in [0.25, 0.3) is 0 Å². The minimum absolute atomic E-state index is 0.0279. The molecule has 0 aliphatic rings. The molecule has 0 saturated carbocycles. The highest BCUT2D eigenvalue weighted by Gasteiger charge is 2.03. The number of pyridine rings is 1. The van der Waals surface area contributed by atoms with Gasteiger partial charge in [0.05, 0.1) is 0 Å². The standard InChI is InChI=1S/C9H14N2O/c10-9(2-1-7-12)8-3-5-11-6-4-8/h3-6,9,12H,1-2,7,10H2. The third-order valence-corrected chi connectivity index (χ3v) is 1.81. The van der Waals surface area contributed by atoms with Gasteiger partial charge in [-0.2, -0.15) is 0 Å². The molecule has 1 heterocycles. The van der Waals surface area contributed by atoms with Crippen LogP contribution in [0.2, 0.25) is 0 Å². The minimum atomic E-state index is 0.0279. The summed E-state index contributed by atoms with van der Waals surface area (Å²) < 4.78 is 0. The van der Waals surface area contributed by atoms with Gasteiger partial charge in [-0.25, -0.2) is 0 Å². The van der Waals surface area contributed by atoms with Crippen LogP contribution in [0, 0.1) is 0 Å². The molecule has 1 rings (SSSR count). The van der Waals surface area contributed by atoms with E-state index in [0.29, 0.717) is 0 Å². The Balaban J connectivity index is 2.48. The fourth-order valence-corrected chi connectivity index (χ4v) is 1.09. The zero-order valence-electron chi connectivity index (χ0n) is 6.98. The van der Waals surface area contributed by atoms with Gasteiger partial charge in [0, 0.05) is 25.0 Å². The van der Waals surface area contributed by atoms with E-state index in [0.717, 1.165) is 18.4 Å². The maximum absolute atomic E-state index is 8.59. The summed E-state index contributed by atoms with van der Waals surface area (Å²) in [6, 6.07) is 3.84. The van der Waals surface area contributed by atoms with E-state index in [-0.39, 0.29) is 12.6 Å². The molecular weight excluding hydrogens is 152 g/mol. The summed E-state index contributed by atoms with van der Waals surface area (Å²) in [5.41, 5.74) is 6.92. The predicted molar refractivity (Wildman–Crippen MR) is 47.5 cm³/mol. The fourth-order valence-electron chi connectivity index (χ4n) is 1.09. The summed E-state index contributed by atoms with van der Waals surface area (Å²) in [4.78, 5) is 3.90. The van der Waals surface area contributed by atoms with Gasteiger partial charge in [0.2, 0.25) is 0 Å². The number of aliphatic hydroxyl groups excluding tert-OH is 1. The highest BCUT2D eigenvalue weighted by molar-refractivity contribution is 5.13. The molecule has 0 aromatic carbocycles. The van der Waals surface area contributed by atoms with Gasteiger partial charge >= 0.3 is 0 Å². The molecule has 66 valence electrons. The summed E-state index contributed by atoms with van der Waals surface area (Å²) >= 11 is 0. The SMILES string of the molecule is NC(CCCO)c1ccncc1. The number of nitrogens with two attached hydrogens (primary N) is 1. The van der Waals surface area contributed by atoms with E-state index in [4.69, 9.17) is 10.8 Å². The predicted octanol–water partition coefficient (Wildman–Crippen LogP) is 0.854. The van der Waals surface area contributed by atoms with Crippen molar-refractivity contribution >= 4 is 0 Å². The Morgan fingerprint density at radius 3 is 2.67 bits per heavy atom. The Morgan fingerprint density at radius 1 is 1.42 bits per heavy atom. The average Bonchev–Trinajstić information content (AvgIpc) is 2.15. The lowest BCUT2D eigenvalue weighted by Crippen LogP contribution is -2.10. The van der Waals surface area contributed by atoms with Crippen molar-refractivity contribution in [3.63, 3.8) is 0 Å². The number of nitrogens with zero attached hydrogens (tertiary/aromatic N) is 1. The maximum atomic E-state index is 8.59. The minimum Gasteiger partial charge on any atom is -0.396 e. The normalized spacial score (nSPS) is 12.8. The largest absolute Gasteiger partial charge is 0.396 e. The molecule has 3 nitrogen and oxygen atoms in total. The van der Waals surface area contributed by atoms with E-state index in [1.165, 1.54) is 0 Å². The highest BCUT2D eigenvalue weighted by atomic mass is 16.2. The zero-order chi connectivity index (χ0) is 8.81. The second kappa shape index (κ2) is 4.85. The van der Waals surface area contributed by atoms with Gasteiger partial charge in [0.15, 0.2) is 0 Å². The van der Waals surface area contributed by atoms with Gasteiger partial charge in [-0.05, 0) is 30.5 Å². The van der Waals surface area contributed by atoms with Gasteiger partial charge in [0.25, 0.3) is 0 Å². The fraction of sp³-hybridized carbons (Fsp3) is 0.444. The molecule has 3 N–H and O–H groups in total. The molecule has 1 aromatic rings. The van der Waals surface area contributed by atoms with Crippen LogP contribution in [0.1, 0.15) is 24.4 Å². The third-order valence-electron chi connectivity index (χ3n) is 1.81. The molecule has 0 saturated heterocycles. The van der Waals surface area contributed by atoms with Crippen LogP contribution in [0.3, 0.4) is 0 Å². The van der Waals surface area contributed by atoms with Crippen LogP contribution >= 0.6 is 0 Å². The first-order valence-corrected chi connectivity index (χ1v) is 4.11. The molecule has 12 heavy (non-hydrogen) atoms. The number of hydrogen-bond donors (Lipinski definition) is 2. The Bertz CT molecular complexity index is 213. The Kier molecular flexibility index (Phi) is 3.70. The van der Waals surface area contributed by atoms with Crippen LogP contribution in [0.4, 0.5) is 0 Å². The summed E-state index contributed by atoms with van der Waals surface area (Å²) in [5, 5.41) is 8.59. The van der Waals surface area contributed by atoms with Crippen molar-refractivity contribution in [2.75, 3.05) is 6.61 Å². The zero-order valence-corrected chi connectivity index (χ0v) is 6.98. The Hall–Kier alpha value is -0.930. The van der Waals surface area contributed by atoms with Crippen molar-refractivity contribution in [3.05, 3.63) is 30.1 Å². The van der Waals surface area contributed by atoms with Crippen molar-refractivity contribution in [1.29, 1.82) is 0 Å². The van der Waals surface area contributed by atoms with Gasteiger partial charge in [-0.1, -0.05) is 0 Å². The monoisotopic (exact) mass is 166 g/mol. The van der Waals surface area contributed by atoms with Gasteiger partial charge in [-0.3, -0.25) is 4.98 Å². The molecule has 0 radical (unpaired) electrons. The van der Waals surface area contributed by atoms with Gasteiger partial charge in [0.1, 0.15) is 0 Å². The molecule has 0 amide bonds. The molecule has 0 fully saturated rings. The van der Waals surface area contributed by atoms with Crippen molar-refractivity contribution in [1.82, 2.24) is 4.98 Å². The smallest absolute Gasteiger partial charge is 0.0431 e. The molecule has 3 heteroatoms. The summed E-state index contributed by atoms with van der Waals surface area (Å²) in [6.07, 6.45) is 5.03. The second-order valence-corrected chi connectivity index (χ2v) is 2.75. The van der Waals surface area contributed by atoms with Crippen LogP contribution in [0.15, 0.2) is 24.5 Å². The molecule has 1 atom stereocenters. The molecule has 1 unspecified atom stereocenters. The lowest BCUT2D eigenvalue weighted by atomic mass is 10.1. The third kappa shape index (κ3) is 2.60. The lowest BCUT2D eigenvalue weighted by Gasteiger charge is -2.09. The first kappa shape index (κ1) is 9.16. The number of aromatic nitrogens is 1. The number of rotatable bonds is 4. The van der Waals surface area contributed by atoms with E-state index in [9.17, 15) is 0 Å². The first-order valence-electron chi connectivity index (χ1n) is 4.11. The van der Waals surface area contributed by atoms with Crippen molar-refractivity contribution in [3.8, 4) is 0 Å². The van der Waals surface area contributed by atoms with Gasteiger partial charge in [-0.15, -0.1) is 0 Å². The van der Waals surface area contributed by atoms with Crippen molar-refractivity contribution in [2.45, 2.75) is 18.9 Å². The lowest BCUT2D eigenvalue weighted by molar-refractivity contribution is 0.280. The Labute approximate surface area is 72.2 Å². The molecule has 0 aliphatic heterocycles. The van der Waals surface area contributed by atoms with E-state index >= 15 is 0 Å². The van der Waals surface area contributed by atoms with Crippen molar-refractivity contribution < 1.29 is 5.11 Å². The quantitative estimate of drug-likeness (QED) is 0.697. The molecule has 1 aromatic heterocycles. The van der Waals surface area contributed by atoms with Crippen LogP contribution in [-0.4, -0.2) is 16.7 Å². The topological polar surface area (TPSA) is 59.1 Å². The van der Waals surface area contributed by atoms with E-state index in [1.54, 1.807) is 12.4 Å². The summed E-state index contributed by atoms with van der Waals surface area (Å²) in [5.74, 6) is 0. The van der Waals surface area contributed by atoms with E-state index in [2.05, 4.69) is 4.98 Å². The van der Waals surface area contributed by atoms with Crippen LogP contribution in [-0.2, 0) is 0 Å². The van der Waals surface area contributed by atoms with E-state index in [1.807, 2.05) is 12.1 Å². The molecule has 0 aliphatic carbocycles. The summed E-state index contributed by atoms with van der Waals surface area (Å²) in [7, 11) is 0. The number of hydrogen-bond acceptors (Lipinski definition) is 3. The highest BCUT2D eigenvalue weighted by Crippen LogP contribution is 2.13. The van der Waals surface area contributed by atoms with Crippen LogP contribution < -0.4 is 5.73 Å². The maximum Gasteiger partial charge on any atom is 0.0431 e. The average molecular weight is 166 g/mol. The van der Waals surface area contributed by atoms with E-state index < -0.39 is 0 Å². The molecular formula is C9H14N2O.